The van der Waals surface area contributed by atoms with Gasteiger partial charge in [-0.1, -0.05) is 10.3 Å². The standard InChI is InChI=1S/C2H3N5O/c3-1-4-2(8)6-7-5-1/h(H3,3,4,5,6,8). The van der Waals surface area contributed by atoms with E-state index in [1.54, 1.807) is 0 Å². The second kappa shape index (κ2) is 1.57. The normalized spacial score (nSPS) is 9.00. The van der Waals surface area contributed by atoms with Crippen molar-refractivity contribution in [2.45, 2.75) is 0 Å². The molecule has 6 nitrogen and oxygen atoms in total. The van der Waals surface area contributed by atoms with Gasteiger partial charge in [0.05, 0.1) is 0 Å². The van der Waals surface area contributed by atoms with Gasteiger partial charge in [0.2, 0.25) is 5.95 Å². The third-order valence-electron chi connectivity index (χ3n) is 0.514. The molecule has 0 spiro atoms. The maximum absolute atomic E-state index is 10.1. The van der Waals surface area contributed by atoms with Crippen molar-refractivity contribution in [2.24, 2.45) is 0 Å². The molecule has 0 unspecified atom stereocenters. The van der Waals surface area contributed by atoms with Gasteiger partial charge >= 0.3 is 5.69 Å². The monoisotopic (exact) mass is 113 g/mol. The zero-order chi connectivity index (χ0) is 5.98. The lowest BCUT2D eigenvalue weighted by Crippen LogP contribution is -2.15. The van der Waals surface area contributed by atoms with E-state index in [2.05, 4.69) is 15.3 Å². The Morgan fingerprint density at radius 2 is 2.38 bits per heavy atom. The highest BCUT2D eigenvalue weighted by molar-refractivity contribution is 5.06. The lowest BCUT2D eigenvalue weighted by atomic mass is 11.0. The number of hydrogen-bond donors (Lipinski definition) is 2. The predicted octanol–water partition coefficient (Wildman–Crippen LogP) is -1.86. The molecule has 8 heavy (non-hydrogen) atoms. The minimum absolute atomic E-state index is 0.117. The van der Waals surface area contributed by atoms with Crippen LogP contribution in [0.2, 0.25) is 0 Å². The third kappa shape index (κ3) is 0.780. The number of H-pyrrole nitrogens is 1. The summed E-state index contributed by atoms with van der Waals surface area (Å²) in [5.41, 5.74) is 4.37. The Bertz CT molecular complexity index is 228. The quantitative estimate of drug-likeness (QED) is 0.411. The fourth-order valence-corrected chi connectivity index (χ4v) is 0.270. The maximum Gasteiger partial charge on any atom is 0.366 e. The summed E-state index contributed by atoms with van der Waals surface area (Å²) in [6.45, 7) is 0. The largest absolute Gasteiger partial charge is 0.366 e. The topological polar surface area (TPSA) is 97.5 Å². The number of rotatable bonds is 0. The van der Waals surface area contributed by atoms with Crippen LogP contribution in [-0.2, 0) is 0 Å². The van der Waals surface area contributed by atoms with Gasteiger partial charge in [0, 0.05) is 0 Å². The molecule has 0 atom stereocenters. The number of hydrogen-bond acceptors (Lipinski definition) is 5. The Labute approximate surface area is 43.7 Å². The first-order chi connectivity index (χ1) is 3.79. The number of aromatic nitrogens is 4. The van der Waals surface area contributed by atoms with E-state index in [9.17, 15) is 4.79 Å². The molecule has 0 saturated carbocycles. The van der Waals surface area contributed by atoms with Crippen LogP contribution in [0.3, 0.4) is 0 Å². The minimum Gasteiger partial charge on any atom is -0.366 e. The minimum atomic E-state index is -0.586. The highest BCUT2D eigenvalue weighted by Gasteiger charge is 1.85. The van der Waals surface area contributed by atoms with Crippen LogP contribution in [0.4, 0.5) is 5.95 Å². The smallest absolute Gasteiger partial charge is 0.366 e. The number of nitrogens with zero attached hydrogens (tertiary/aromatic N) is 3. The zero-order valence-electron chi connectivity index (χ0n) is 3.83. The van der Waals surface area contributed by atoms with Crippen molar-refractivity contribution < 1.29 is 0 Å². The van der Waals surface area contributed by atoms with Crippen LogP contribution < -0.4 is 11.4 Å². The molecule has 42 valence electrons. The van der Waals surface area contributed by atoms with E-state index < -0.39 is 5.69 Å². The second-order valence-corrected chi connectivity index (χ2v) is 1.09. The van der Waals surface area contributed by atoms with Crippen LogP contribution in [0.1, 0.15) is 0 Å². The number of nitrogens with one attached hydrogen (secondary N) is 1. The van der Waals surface area contributed by atoms with Gasteiger partial charge < -0.3 is 5.73 Å². The van der Waals surface area contributed by atoms with Crippen LogP contribution in [0, 0.1) is 0 Å². The molecule has 1 aromatic heterocycles. The Balaban J connectivity index is 3.28. The molecule has 1 rings (SSSR count). The molecule has 0 aromatic carbocycles. The third-order valence-corrected chi connectivity index (χ3v) is 0.514. The van der Waals surface area contributed by atoms with E-state index in [1.165, 1.54) is 0 Å². The molecule has 0 saturated heterocycles. The predicted molar refractivity (Wildman–Crippen MR) is 24.9 cm³/mol. The summed E-state index contributed by atoms with van der Waals surface area (Å²) in [6, 6.07) is 0. The number of anilines is 1. The highest BCUT2D eigenvalue weighted by Crippen LogP contribution is 1.69. The summed E-state index contributed by atoms with van der Waals surface area (Å²) in [6.07, 6.45) is 0. The zero-order valence-corrected chi connectivity index (χ0v) is 3.83. The van der Waals surface area contributed by atoms with Crippen LogP contribution in [-0.4, -0.2) is 20.4 Å². The number of nitrogen functional groups attached to an aromatic ring is 1. The van der Waals surface area contributed by atoms with Crippen molar-refractivity contribution in [3.63, 3.8) is 0 Å². The maximum atomic E-state index is 10.1. The molecule has 6 heteroatoms. The van der Waals surface area contributed by atoms with Gasteiger partial charge in [-0.05, 0) is 0 Å². The van der Waals surface area contributed by atoms with Crippen LogP contribution in [0.5, 0.6) is 0 Å². The molecule has 0 amide bonds. The summed E-state index contributed by atoms with van der Waals surface area (Å²) in [7, 11) is 0. The van der Waals surface area contributed by atoms with Crippen molar-refractivity contribution in [1.29, 1.82) is 0 Å². The molecule has 1 heterocycles. The average Bonchev–Trinajstić information content (AvgIpc) is 1.64. The second-order valence-electron chi connectivity index (χ2n) is 1.09. The molecule has 0 aliphatic carbocycles. The van der Waals surface area contributed by atoms with Crippen LogP contribution in [0.25, 0.3) is 0 Å². The molecule has 1 aromatic rings. The van der Waals surface area contributed by atoms with E-state index in [0.717, 1.165) is 0 Å². The average molecular weight is 113 g/mol. The van der Waals surface area contributed by atoms with Crippen molar-refractivity contribution >= 4 is 5.95 Å². The van der Waals surface area contributed by atoms with Crippen molar-refractivity contribution in [1.82, 2.24) is 20.4 Å². The molecule has 0 bridgehead atoms. The van der Waals surface area contributed by atoms with Crippen molar-refractivity contribution in [3.8, 4) is 0 Å². The van der Waals surface area contributed by atoms with E-state index in [4.69, 9.17) is 5.73 Å². The first kappa shape index (κ1) is 4.69. The van der Waals surface area contributed by atoms with Crippen LogP contribution >= 0.6 is 0 Å². The van der Waals surface area contributed by atoms with Gasteiger partial charge in [0.25, 0.3) is 0 Å². The summed E-state index contributed by atoms with van der Waals surface area (Å²) in [5, 5.41) is 8.27. The van der Waals surface area contributed by atoms with Gasteiger partial charge in [-0.25, -0.2) is 9.89 Å². The lowest BCUT2D eigenvalue weighted by Gasteiger charge is -1.80. The van der Waals surface area contributed by atoms with Gasteiger partial charge in [0.15, 0.2) is 0 Å². The lowest BCUT2D eigenvalue weighted by molar-refractivity contribution is 0.796. The fraction of sp³-hybridized carbons (Fsp3) is 0. The molecule has 0 fully saturated rings. The Morgan fingerprint density at radius 3 is 2.75 bits per heavy atom. The summed E-state index contributed by atoms with van der Waals surface area (Å²) < 4.78 is 0. The number of nitrogens with two attached hydrogens (primary N) is 1. The van der Waals surface area contributed by atoms with Crippen molar-refractivity contribution in [3.05, 3.63) is 10.5 Å². The van der Waals surface area contributed by atoms with Crippen LogP contribution in [0.15, 0.2) is 4.79 Å². The van der Waals surface area contributed by atoms with E-state index in [0.29, 0.717) is 0 Å². The van der Waals surface area contributed by atoms with E-state index in [-0.39, 0.29) is 5.95 Å². The summed E-state index contributed by atoms with van der Waals surface area (Å²) in [5.74, 6) is -0.117. The summed E-state index contributed by atoms with van der Waals surface area (Å²) in [4.78, 5) is 13.3. The molecule has 0 radical (unpaired) electrons. The van der Waals surface area contributed by atoms with Gasteiger partial charge in [-0.3, -0.25) is 0 Å². The number of aromatic amines is 1. The Kier molecular flexibility index (Phi) is 0.918. The first-order valence-electron chi connectivity index (χ1n) is 1.84. The van der Waals surface area contributed by atoms with E-state index in [1.807, 2.05) is 5.10 Å². The molecule has 0 aliphatic heterocycles. The first-order valence-corrected chi connectivity index (χ1v) is 1.84. The SMILES string of the molecule is Nc1nn[nH]c(=O)n1. The molecular formula is C2H3N5O. The molecule has 3 N–H and O–H groups in total. The fourth-order valence-electron chi connectivity index (χ4n) is 0.270. The molecule has 0 aliphatic rings. The van der Waals surface area contributed by atoms with E-state index >= 15 is 0 Å². The Morgan fingerprint density at radius 1 is 1.62 bits per heavy atom. The van der Waals surface area contributed by atoms with Gasteiger partial charge in [0.1, 0.15) is 0 Å². The van der Waals surface area contributed by atoms with Gasteiger partial charge in [-0.2, -0.15) is 4.98 Å². The van der Waals surface area contributed by atoms with Gasteiger partial charge in [-0.15, -0.1) is 0 Å². The summed E-state index contributed by atoms with van der Waals surface area (Å²) >= 11 is 0. The Hall–Kier alpha value is -1.46. The molecular weight excluding hydrogens is 110 g/mol. The van der Waals surface area contributed by atoms with Crippen molar-refractivity contribution in [2.75, 3.05) is 5.73 Å². The highest BCUT2D eigenvalue weighted by atomic mass is 16.1.